The summed E-state index contributed by atoms with van der Waals surface area (Å²) in [6, 6.07) is 5.48. The fourth-order valence-electron chi connectivity index (χ4n) is 3.90. The van der Waals surface area contributed by atoms with Crippen molar-refractivity contribution in [3.63, 3.8) is 0 Å². The SMILES string of the molecule is COc1ccc(OC)c(CC(=O)N2CCN(C(=O)C3CCCC3)CC2)c1. The highest BCUT2D eigenvalue weighted by Gasteiger charge is 2.30. The van der Waals surface area contributed by atoms with Gasteiger partial charge in [-0.05, 0) is 31.0 Å². The van der Waals surface area contributed by atoms with Crippen molar-refractivity contribution in [3.05, 3.63) is 23.8 Å². The summed E-state index contributed by atoms with van der Waals surface area (Å²) in [5.74, 6) is 1.95. The maximum atomic E-state index is 12.7. The zero-order valence-electron chi connectivity index (χ0n) is 15.7. The van der Waals surface area contributed by atoms with Gasteiger partial charge in [0, 0.05) is 37.7 Å². The van der Waals surface area contributed by atoms with Gasteiger partial charge in [-0.25, -0.2) is 0 Å². The highest BCUT2D eigenvalue weighted by atomic mass is 16.5. The van der Waals surface area contributed by atoms with Crippen LogP contribution in [0.1, 0.15) is 31.2 Å². The predicted octanol–water partition coefficient (Wildman–Crippen LogP) is 2.11. The second kappa shape index (κ2) is 8.43. The first-order valence-electron chi connectivity index (χ1n) is 9.40. The summed E-state index contributed by atoms with van der Waals surface area (Å²) in [7, 11) is 3.21. The molecule has 0 radical (unpaired) electrons. The second-order valence-electron chi connectivity index (χ2n) is 7.04. The predicted molar refractivity (Wildman–Crippen MR) is 98.4 cm³/mol. The van der Waals surface area contributed by atoms with Crippen LogP contribution in [0.2, 0.25) is 0 Å². The Kier molecular flexibility index (Phi) is 6.01. The first kappa shape index (κ1) is 18.5. The summed E-state index contributed by atoms with van der Waals surface area (Å²) < 4.78 is 10.6. The molecule has 1 aromatic carbocycles. The average molecular weight is 360 g/mol. The van der Waals surface area contributed by atoms with Gasteiger partial charge in [-0.2, -0.15) is 0 Å². The van der Waals surface area contributed by atoms with Gasteiger partial charge in [-0.1, -0.05) is 12.8 Å². The molecule has 0 atom stereocenters. The number of piperazine rings is 1. The van der Waals surface area contributed by atoms with Crippen LogP contribution in [-0.2, 0) is 16.0 Å². The third-order valence-corrected chi connectivity index (χ3v) is 5.48. The number of ether oxygens (including phenoxy) is 2. The van der Waals surface area contributed by atoms with Crippen molar-refractivity contribution < 1.29 is 19.1 Å². The lowest BCUT2D eigenvalue weighted by atomic mass is 10.1. The molecule has 0 aromatic heterocycles. The first-order chi connectivity index (χ1) is 12.6. The Bertz CT molecular complexity index is 647. The topological polar surface area (TPSA) is 59.1 Å². The Morgan fingerprint density at radius 3 is 2.27 bits per heavy atom. The molecule has 1 aliphatic carbocycles. The molecule has 1 saturated heterocycles. The van der Waals surface area contributed by atoms with Crippen molar-refractivity contribution in [1.82, 2.24) is 9.80 Å². The Morgan fingerprint density at radius 1 is 1.00 bits per heavy atom. The minimum Gasteiger partial charge on any atom is -0.497 e. The van der Waals surface area contributed by atoms with E-state index in [1.54, 1.807) is 14.2 Å². The largest absolute Gasteiger partial charge is 0.497 e. The fraction of sp³-hybridized carbons (Fsp3) is 0.600. The fourth-order valence-corrected chi connectivity index (χ4v) is 3.90. The zero-order chi connectivity index (χ0) is 18.5. The summed E-state index contributed by atoms with van der Waals surface area (Å²) in [5, 5.41) is 0. The van der Waals surface area contributed by atoms with Crippen molar-refractivity contribution in [2.45, 2.75) is 32.1 Å². The lowest BCUT2D eigenvalue weighted by molar-refractivity contribution is -0.141. The van der Waals surface area contributed by atoms with Crippen LogP contribution < -0.4 is 9.47 Å². The maximum absolute atomic E-state index is 12.7. The number of hydrogen-bond donors (Lipinski definition) is 0. The molecule has 1 heterocycles. The van der Waals surface area contributed by atoms with Gasteiger partial charge in [0.2, 0.25) is 11.8 Å². The van der Waals surface area contributed by atoms with Crippen LogP contribution in [0.25, 0.3) is 0 Å². The molecular formula is C20H28N2O4. The van der Waals surface area contributed by atoms with Gasteiger partial charge in [-0.15, -0.1) is 0 Å². The van der Waals surface area contributed by atoms with Crippen LogP contribution in [-0.4, -0.2) is 62.0 Å². The monoisotopic (exact) mass is 360 g/mol. The van der Waals surface area contributed by atoms with E-state index in [4.69, 9.17) is 9.47 Å². The van der Waals surface area contributed by atoms with Crippen LogP contribution in [0.4, 0.5) is 0 Å². The molecule has 1 aliphatic heterocycles. The van der Waals surface area contributed by atoms with Gasteiger partial charge in [0.05, 0.1) is 20.6 Å². The van der Waals surface area contributed by atoms with Gasteiger partial charge < -0.3 is 19.3 Å². The van der Waals surface area contributed by atoms with Crippen molar-refractivity contribution >= 4 is 11.8 Å². The molecule has 26 heavy (non-hydrogen) atoms. The number of methoxy groups -OCH3 is 2. The lowest BCUT2D eigenvalue weighted by Crippen LogP contribution is -2.52. The molecule has 1 aromatic rings. The lowest BCUT2D eigenvalue weighted by Gasteiger charge is -2.36. The molecule has 2 fully saturated rings. The van der Waals surface area contributed by atoms with E-state index in [9.17, 15) is 9.59 Å². The Morgan fingerprint density at radius 2 is 1.65 bits per heavy atom. The van der Waals surface area contributed by atoms with Gasteiger partial charge >= 0.3 is 0 Å². The van der Waals surface area contributed by atoms with Crippen LogP contribution >= 0.6 is 0 Å². The third-order valence-electron chi connectivity index (χ3n) is 5.48. The number of benzene rings is 1. The second-order valence-corrected chi connectivity index (χ2v) is 7.04. The zero-order valence-corrected chi connectivity index (χ0v) is 15.7. The number of rotatable bonds is 5. The van der Waals surface area contributed by atoms with Crippen molar-refractivity contribution in [3.8, 4) is 11.5 Å². The Balaban J connectivity index is 1.56. The van der Waals surface area contributed by atoms with Crippen LogP contribution in [0, 0.1) is 5.92 Å². The van der Waals surface area contributed by atoms with E-state index >= 15 is 0 Å². The van der Waals surface area contributed by atoms with E-state index in [2.05, 4.69) is 0 Å². The van der Waals surface area contributed by atoms with Crippen molar-refractivity contribution in [2.24, 2.45) is 5.92 Å². The third kappa shape index (κ3) is 4.11. The molecule has 6 heteroatoms. The summed E-state index contributed by atoms with van der Waals surface area (Å²) in [6.45, 7) is 2.47. The van der Waals surface area contributed by atoms with E-state index in [0.717, 1.165) is 31.2 Å². The molecule has 0 spiro atoms. The minimum atomic E-state index is 0.0597. The molecular weight excluding hydrogens is 332 g/mol. The number of carbonyl (C=O) groups excluding carboxylic acids is 2. The van der Waals surface area contributed by atoms with Gasteiger partial charge in [0.25, 0.3) is 0 Å². The highest BCUT2D eigenvalue weighted by molar-refractivity contribution is 5.81. The van der Waals surface area contributed by atoms with E-state index < -0.39 is 0 Å². The standard InChI is InChI=1S/C20H28N2O4/c1-25-17-7-8-18(26-2)16(13-17)14-19(23)21-9-11-22(12-10-21)20(24)15-5-3-4-6-15/h7-8,13,15H,3-6,9-12,14H2,1-2H3. The van der Waals surface area contributed by atoms with E-state index in [1.165, 1.54) is 0 Å². The van der Waals surface area contributed by atoms with Crippen LogP contribution in [0.5, 0.6) is 11.5 Å². The average Bonchev–Trinajstić information content (AvgIpc) is 3.22. The quantitative estimate of drug-likeness (QED) is 0.807. The normalized spacial score (nSPS) is 18.1. The molecule has 142 valence electrons. The number of amides is 2. The summed E-state index contributed by atoms with van der Waals surface area (Å²) in [6.07, 6.45) is 4.65. The van der Waals surface area contributed by atoms with Crippen molar-refractivity contribution in [1.29, 1.82) is 0 Å². The summed E-state index contributed by atoms with van der Waals surface area (Å²) >= 11 is 0. The van der Waals surface area contributed by atoms with Crippen LogP contribution in [0.3, 0.4) is 0 Å². The molecule has 0 unspecified atom stereocenters. The van der Waals surface area contributed by atoms with Gasteiger partial charge in [0.1, 0.15) is 11.5 Å². The van der Waals surface area contributed by atoms with Gasteiger partial charge in [-0.3, -0.25) is 9.59 Å². The Labute approximate surface area is 155 Å². The van der Waals surface area contributed by atoms with Crippen molar-refractivity contribution in [2.75, 3.05) is 40.4 Å². The highest BCUT2D eigenvalue weighted by Crippen LogP contribution is 2.27. The molecule has 0 N–H and O–H groups in total. The Hall–Kier alpha value is -2.24. The molecule has 0 bridgehead atoms. The maximum Gasteiger partial charge on any atom is 0.227 e. The van der Waals surface area contributed by atoms with Crippen LogP contribution in [0.15, 0.2) is 18.2 Å². The first-order valence-corrected chi connectivity index (χ1v) is 9.40. The molecule has 1 saturated carbocycles. The smallest absolute Gasteiger partial charge is 0.227 e. The van der Waals surface area contributed by atoms with E-state index in [-0.39, 0.29) is 24.2 Å². The molecule has 6 nitrogen and oxygen atoms in total. The minimum absolute atomic E-state index is 0.0597. The number of hydrogen-bond acceptors (Lipinski definition) is 4. The molecule has 2 aliphatic rings. The van der Waals surface area contributed by atoms with Gasteiger partial charge in [0.15, 0.2) is 0 Å². The number of carbonyl (C=O) groups is 2. The summed E-state index contributed by atoms with van der Waals surface area (Å²) in [4.78, 5) is 29.0. The van der Waals surface area contributed by atoms with E-state index in [1.807, 2.05) is 28.0 Å². The van der Waals surface area contributed by atoms with E-state index in [0.29, 0.717) is 37.7 Å². The number of nitrogens with zero attached hydrogens (tertiary/aromatic N) is 2. The summed E-state index contributed by atoms with van der Waals surface area (Å²) in [5.41, 5.74) is 0.821. The molecule has 2 amide bonds. The molecule has 3 rings (SSSR count).